The molecule has 4 nitrogen and oxygen atoms in total. The van der Waals surface area contributed by atoms with Crippen LogP contribution in [0.3, 0.4) is 0 Å². The van der Waals surface area contributed by atoms with Gasteiger partial charge in [-0.2, -0.15) is 0 Å². The largest absolute Gasteiger partial charge is 0.497 e. The minimum atomic E-state index is 0.0463. The zero-order valence-electron chi connectivity index (χ0n) is 10.9. The van der Waals surface area contributed by atoms with Crippen molar-refractivity contribution in [2.75, 3.05) is 19.0 Å². The molecule has 0 aliphatic carbocycles. The molecule has 0 aromatic heterocycles. The van der Waals surface area contributed by atoms with Crippen LogP contribution in [0.25, 0.3) is 0 Å². The number of rotatable bonds is 3. The SMILES string of the molecule is COc1cccc(NC(=O)C2CCCNC2C)c1. The van der Waals surface area contributed by atoms with Crippen molar-refractivity contribution >= 4 is 11.6 Å². The Morgan fingerprint density at radius 3 is 3.06 bits per heavy atom. The van der Waals surface area contributed by atoms with Crippen molar-refractivity contribution in [1.29, 1.82) is 0 Å². The predicted octanol–water partition coefficient (Wildman–Crippen LogP) is 2.02. The number of methoxy groups -OCH3 is 1. The number of anilines is 1. The van der Waals surface area contributed by atoms with E-state index in [1.807, 2.05) is 24.3 Å². The molecule has 0 radical (unpaired) electrons. The van der Waals surface area contributed by atoms with Crippen molar-refractivity contribution in [2.24, 2.45) is 5.92 Å². The monoisotopic (exact) mass is 248 g/mol. The van der Waals surface area contributed by atoms with Gasteiger partial charge in [-0.15, -0.1) is 0 Å². The highest BCUT2D eigenvalue weighted by Crippen LogP contribution is 2.21. The van der Waals surface area contributed by atoms with Gasteiger partial charge in [-0.05, 0) is 38.4 Å². The number of ether oxygens (including phenoxy) is 1. The molecule has 1 aliphatic rings. The highest BCUT2D eigenvalue weighted by Gasteiger charge is 2.27. The van der Waals surface area contributed by atoms with E-state index >= 15 is 0 Å². The zero-order valence-corrected chi connectivity index (χ0v) is 10.9. The first-order valence-corrected chi connectivity index (χ1v) is 6.39. The molecule has 4 heteroatoms. The molecule has 0 bridgehead atoms. The van der Waals surface area contributed by atoms with Gasteiger partial charge in [-0.1, -0.05) is 6.07 Å². The smallest absolute Gasteiger partial charge is 0.229 e. The van der Waals surface area contributed by atoms with E-state index < -0.39 is 0 Å². The molecule has 1 aromatic rings. The van der Waals surface area contributed by atoms with E-state index in [1.54, 1.807) is 7.11 Å². The van der Waals surface area contributed by atoms with Gasteiger partial charge in [0.2, 0.25) is 5.91 Å². The van der Waals surface area contributed by atoms with Crippen LogP contribution in [0.2, 0.25) is 0 Å². The average Bonchev–Trinajstić information content (AvgIpc) is 2.39. The molecule has 0 saturated carbocycles. The summed E-state index contributed by atoms with van der Waals surface area (Å²) >= 11 is 0. The number of hydrogen-bond donors (Lipinski definition) is 2. The summed E-state index contributed by atoms with van der Waals surface area (Å²) in [5, 5.41) is 6.29. The Labute approximate surface area is 108 Å². The fourth-order valence-electron chi connectivity index (χ4n) is 2.34. The number of carbonyl (C=O) groups excluding carboxylic acids is 1. The molecule has 0 spiro atoms. The Balaban J connectivity index is 2.01. The van der Waals surface area contributed by atoms with Gasteiger partial charge in [-0.25, -0.2) is 0 Å². The predicted molar refractivity (Wildman–Crippen MR) is 71.8 cm³/mol. The molecule has 1 aliphatic heterocycles. The minimum Gasteiger partial charge on any atom is -0.497 e. The summed E-state index contributed by atoms with van der Waals surface area (Å²) in [5.41, 5.74) is 0.789. The van der Waals surface area contributed by atoms with Crippen LogP contribution in [0.4, 0.5) is 5.69 Å². The maximum atomic E-state index is 12.2. The normalized spacial score (nSPS) is 23.4. The summed E-state index contributed by atoms with van der Waals surface area (Å²) in [5.74, 6) is 0.885. The van der Waals surface area contributed by atoms with Crippen molar-refractivity contribution < 1.29 is 9.53 Å². The van der Waals surface area contributed by atoms with E-state index in [0.29, 0.717) is 0 Å². The maximum absolute atomic E-state index is 12.2. The van der Waals surface area contributed by atoms with Crippen molar-refractivity contribution in [3.63, 3.8) is 0 Å². The lowest BCUT2D eigenvalue weighted by molar-refractivity contribution is -0.121. The van der Waals surface area contributed by atoms with Crippen LogP contribution in [0.5, 0.6) is 5.75 Å². The number of nitrogens with one attached hydrogen (secondary N) is 2. The Morgan fingerprint density at radius 2 is 2.33 bits per heavy atom. The topological polar surface area (TPSA) is 50.4 Å². The van der Waals surface area contributed by atoms with E-state index in [9.17, 15) is 4.79 Å². The Morgan fingerprint density at radius 1 is 1.50 bits per heavy atom. The number of amides is 1. The van der Waals surface area contributed by atoms with Gasteiger partial charge in [0.25, 0.3) is 0 Å². The van der Waals surface area contributed by atoms with E-state index in [0.717, 1.165) is 30.8 Å². The minimum absolute atomic E-state index is 0.0463. The summed E-state index contributed by atoms with van der Waals surface area (Å²) in [4.78, 5) is 12.2. The second kappa shape index (κ2) is 5.87. The molecule has 1 saturated heterocycles. The first kappa shape index (κ1) is 12.9. The molecular weight excluding hydrogens is 228 g/mol. The molecule has 1 fully saturated rings. The summed E-state index contributed by atoms with van der Waals surface area (Å²) in [6, 6.07) is 7.68. The van der Waals surface area contributed by atoms with Crippen molar-refractivity contribution in [2.45, 2.75) is 25.8 Å². The maximum Gasteiger partial charge on any atom is 0.229 e. The lowest BCUT2D eigenvalue weighted by Gasteiger charge is -2.28. The molecular formula is C14H20N2O2. The Bertz CT molecular complexity index is 420. The van der Waals surface area contributed by atoms with Crippen molar-refractivity contribution in [3.05, 3.63) is 24.3 Å². The molecule has 98 valence electrons. The van der Waals surface area contributed by atoms with Crippen molar-refractivity contribution in [3.8, 4) is 5.75 Å². The number of piperidine rings is 1. The van der Waals surface area contributed by atoms with Gasteiger partial charge < -0.3 is 15.4 Å². The standard InChI is InChI=1S/C14H20N2O2/c1-10-13(7-4-8-15-10)14(17)16-11-5-3-6-12(9-11)18-2/h3,5-6,9-10,13,15H,4,7-8H2,1-2H3,(H,16,17). The number of benzene rings is 1. The fraction of sp³-hybridized carbons (Fsp3) is 0.500. The van der Waals surface area contributed by atoms with E-state index in [-0.39, 0.29) is 17.9 Å². The summed E-state index contributed by atoms with van der Waals surface area (Å²) in [6.07, 6.45) is 2.00. The van der Waals surface area contributed by atoms with Crippen LogP contribution in [-0.4, -0.2) is 25.6 Å². The van der Waals surface area contributed by atoms with Gasteiger partial charge in [0, 0.05) is 17.8 Å². The summed E-state index contributed by atoms with van der Waals surface area (Å²) in [6.45, 7) is 3.07. The van der Waals surface area contributed by atoms with Crippen LogP contribution in [-0.2, 0) is 4.79 Å². The fourth-order valence-corrected chi connectivity index (χ4v) is 2.34. The lowest BCUT2D eigenvalue weighted by atomic mass is 9.91. The third-order valence-electron chi connectivity index (χ3n) is 3.44. The van der Waals surface area contributed by atoms with Gasteiger partial charge in [0.05, 0.1) is 13.0 Å². The van der Waals surface area contributed by atoms with Crippen LogP contribution in [0.15, 0.2) is 24.3 Å². The molecule has 2 unspecified atom stereocenters. The zero-order chi connectivity index (χ0) is 13.0. The Hall–Kier alpha value is -1.55. The van der Waals surface area contributed by atoms with Gasteiger partial charge in [0.1, 0.15) is 5.75 Å². The van der Waals surface area contributed by atoms with Gasteiger partial charge >= 0.3 is 0 Å². The molecule has 18 heavy (non-hydrogen) atoms. The van der Waals surface area contributed by atoms with E-state index in [2.05, 4.69) is 17.6 Å². The number of carbonyl (C=O) groups is 1. The summed E-state index contributed by atoms with van der Waals surface area (Å²) < 4.78 is 5.14. The quantitative estimate of drug-likeness (QED) is 0.860. The second-order valence-corrected chi connectivity index (χ2v) is 4.71. The molecule has 1 amide bonds. The van der Waals surface area contributed by atoms with E-state index in [4.69, 9.17) is 4.74 Å². The van der Waals surface area contributed by atoms with Gasteiger partial charge in [0.15, 0.2) is 0 Å². The van der Waals surface area contributed by atoms with Crippen LogP contribution >= 0.6 is 0 Å². The van der Waals surface area contributed by atoms with Crippen LogP contribution < -0.4 is 15.4 Å². The highest BCUT2D eigenvalue weighted by molar-refractivity contribution is 5.93. The highest BCUT2D eigenvalue weighted by atomic mass is 16.5. The third-order valence-corrected chi connectivity index (χ3v) is 3.44. The van der Waals surface area contributed by atoms with Gasteiger partial charge in [-0.3, -0.25) is 4.79 Å². The first-order valence-electron chi connectivity index (χ1n) is 6.39. The van der Waals surface area contributed by atoms with Crippen LogP contribution in [0.1, 0.15) is 19.8 Å². The molecule has 1 aromatic carbocycles. The molecule has 2 N–H and O–H groups in total. The van der Waals surface area contributed by atoms with Crippen molar-refractivity contribution in [1.82, 2.24) is 5.32 Å². The average molecular weight is 248 g/mol. The first-order chi connectivity index (χ1) is 8.70. The lowest BCUT2D eigenvalue weighted by Crippen LogP contribution is -2.44. The molecule has 1 heterocycles. The van der Waals surface area contributed by atoms with E-state index in [1.165, 1.54) is 0 Å². The second-order valence-electron chi connectivity index (χ2n) is 4.71. The van der Waals surface area contributed by atoms with Crippen LogP contribution in [0, 0.1) is 5.92 Å². The Kier molecular flexibility index (Phi) is 4.20. The third kappa shape index (κ3) is 3.01. The number of hydrogen-bond acceptors (Lipinski definition) is 3. The molecule has 2 atom stereocenters. The molecule has 2 rings (SSSR count). The summed E-state index contributed by atoms with van der Waals surface area (Å²) in [7, 11) is 1.62.